The van der Waals surface area contributed by atoms with Gasteiger partial charge in [-0.15, -0.1) is 0 Å². The predicted molar refractivity (Wildman–Crippen MR) is 115 cm³/mol. The summed E-state index contributed by atoms with van der Waals surface area (Å²) >= 11 is 6.57. The molecule has 0 spiro atoms. The minimum atomic E-state index is -0.00604. The summed E-state index contributed by atoms with van der Waals surface area (Å²) in [6, 6.07) is 20.6. The number of aromatic nitrogens is 1. The third kappa shape index (κ3) is 3.47. The molecule has 148 valence electrons. The van der Waals surface area contributed by atoms with Gasteiger partial charge in [0.1, 0.15) is 0 Å². The monoisotopic (exact) mass is 405 g/mol. The van der Waals surface area contributed by atoms with Crippen molar-refractivity contribution in [2.75, 3.05) is 19.6 Å². The molecule has 0 saturated heterocycles. The van der Waals surface area contributed by atoms with Crippen LogP contribution in [0.2, 0.25) is 5.02 Å². The maximum atomic E-state index is 13.2. The summed E-state index contributed by atoms with van der Waals surface area (Å²) < 4.78 is 2.27. The molecule has 2 aliphatic heterocycles. The average Bonchev–Trinajstić information content (AvgIpc) is 3.23. The molecule has 0 aliphatic carbocycles. The second-order valence-corrected chi connectivity index (χ2v) is 8.26. The Bertz CT molecular complexity index is 1040. The highest BCUT2D eigenvalue weighted by Gasteiger charge is 2.32. The van der Waals surface area contributed by atoms with Crippen molar-refractivity contribution in [1.29, 1.82) is 0 Å². The van der Waals surface area contributed by atoms with Crippen LogP contribution in [0, 0.1) is 0 Å². The van der Waals surface area contributed by atoms with Gasteiger partial charge in [0.05, 0.1) is 12.6 Å². The number of halogens is 1. The fourth-order valence-corrected chi connectivity index (χ4v) is 4.88. The number of nitrogens with zero attached hydrogens (tertiary/aromatic N) is 3. The molecule has 1 aromatic heterocycles. The third-order valence-corrected chi connectivity index (χ3v) is 6.50. The van der Waals surface area contributed by atoms with E-state index in [4.69, 9.17) is 11.6 Å². The van der Waals surface area contributed by atoms with Crippen molar-refractivity contribution >= 4 is 17.5 Å². The van der Waals surface area contributed by atoms with Crippen LogP contribution in [0.4, 0.5) is 0 Å². The predicted octanol–water partition coefficient (Wildman–Crippen LogP) is 4.13. The van der Waals surface area contributed by atoms with E-state index < -0.39 is 0 Å². The Labute approximate surface area is 176 Å². The Morgan fingerprint density at radius 2 is 1.72 bits per heavy atom. The van der Waals surface area contributed by atoms with E-state index in [9.17, 15) is 4.79 Å². The van der Waals surface area contributed by atoms with Gasteiger partial charge in [0.25, 0.3) is 0 Å². The zero-order valence-corrected chi connectivity index (χ0v) is 17.1. The van der Waals surface area contributed by atoms with Crippen LogP contribution in [0.5, 0.6) is 0 Å². The summed E-state index contributed by atoms with van der Waals surface area (Å²) in [5.41, 5.74) is 4.88. The maximum Gasteiger partial charge on any atom is 0.237 e. The lowest BCUT2D eigenvalue weighted by Crippen LogP contribution is -2.46. The van der Waals surface area contributed by atoms with Crippen LogP contribution in [-0.2, 0) is 24.3 Å². The molecule has 3 aromatic rings. The minimum Gasteiger partial charge on any atom is -0.348 e. The molecule has 0 bridgehead atoms. The molecule has 0 radical (unpaired) electrons. The summed E-state index contributed by atoms with van der Waals surface area (Å²) in [5, 5.41) is 0.747. The van der Waals surface area contributed by atoms with E-state index in [2.05, 4.69) is 58.1 Å². The number of carbonyl (C=O) groups excluding carboxylic acids is 1. The van der Waals surface area contributed by atoms with Crippen LogP contribution < -0.4 is 0 Å². The summed E-state index contributed by atoms with van der Waals surface area (Å²) in [4.78, 5) is 17.5. The first-order chi connectivity index (χ1) is 14.2. The summed E-state index contributed by atoms with van der Waals surface area (Å²) in [6.07, 6.45) is 3.04. The number of fused-ring (bicyclic) bond motifs is 2. The molecule has 1 unspecified atom stereocenters. The lowest BCUT2D eigenvalue weighted by atomic mass is 9.98. The van der Waals surface area contributed by atoms with E-state index in [1.54, 1.807) is 0 Å². The van der Waals surface area contributed by atoms with Gasteiger partial charge in [-0.1, -0.05) is 54.1 Å². The molecule has 0 fully saturated rings. The van der Waals surface area contributed by atoms with Gasteiger partial charge in [-0.25, -0.2) is 0 Å². The molecule has 3 heterocycles. The summed E-state index contributed by atoms with van der Waals surface area (Å²) in [5.74, 6) is 0.191. The van der Waals surface area contributed by atoms with Crippen molar-refractivity contribution in [2.45, 2.75) is 25.6 Å². The molecule has 5 heteroatoms. The van der Waals surface area contributed by atoms with Gasteiger partial charge in [0.15, 0.2) is 0 Å². The van der Waals surface area contributed by atoms with E-state index in [-0.39, 0.29) is 11.9 Å². The Morgan fingerprint density at radius 1 is 0.931 bits per heavy atom. The third-order valence-electron chi connectivity index (χ3n) is 6.16. The number of benzene rings is 2. The number of hydrogen-bond donors (Lipinski definition) is 0. The topological polar surface area (TPSA) is 28.5 Å². The summed E-state index contributed by atoms with van der Waals surface area (Å²) in [6.45, 7) is 3.61. The number of hydrogen-bond acceptors (Lipinski definition) is 2. The van der Waals surface area contributed by atoms with Crippen LogP contribution in [0.15, 0.2) is 66.9 Å². The van der Waals surface area contributed by atoms with Gasteiger partial charge in [-0.05, 0) is 41.3 Å². The van der Waals surface area contributed by atoms with Crippen molar-refractivity contribution in [3.8, 4) is 0 Å². The van der Waals surface area contributed by atoms with Crippen molar-refractivity contribution < 1.29 is 4.79 Å². The van der Waals surface area contributed by atoms with Crippen molar-refractivity contribution in [3.63, 3.8) is 0 Å². The highest BCUT2D eigenvalue weighted by molar-refractivity contribution is 6.31. The lowest BCUT2D eigenvalue weighted by Gasteiger charge is -2.39. The Morgan fingerprint density at radius 3 is 2.59 bits per heavy atom. The average molecular weight is 406 g/mol. The molecule has 0 N–H and O–H groups in total. The fraction of sp³-hybridized carbons (Fsp3) is 0.292. The molecule has 0 saturated carbocycles. The smallest absolute Gasteiger partial charge is 0.237 e. The van der Waals surface area contributed by atoms with Gasteiger partial charge in [-0.3, -0.25) is 9.69 Å². The zero-order chi connectivity index (χ0) is 19.8. The molecule has 4 nitrogen and oxygen atoms in total. The van der Waals surface area contributed by atoms with Gasteiger partial charge >= 0.3 is 0 Å². The van der Waals surface area contributed by atoms with Crippen molar-refractivity contribution in [3.05, 3.63) is 94.3 Å². The first kappa shape index (κ1) is 18.5. The van der Waals surface area contributed by atoms with E-state index in [1.807, 2.05) is 23.1 Å². The molecule has 2 aromatic carbocycles. The second-order valence-electron chi connectivity index (χ2n) is 7.85. The van der Waals surface area contributed by atoms with Gasteiger partial charge < -0.3 is 9.47 Å². The number of carbonyl (C=O) groups is 1. The largest absolute Gasteiger partial charge is 0.348 e. The van der Waals surface area contributed by atoms with Crippen LogP contribution in [-0.4, -0.2) is 39.9 Å². The molecule has 5 rings (SSSR count). The maximum absolute atomic E-state index is 13.2. The first-order valence-corrected chi connectivity index (χ1v) is 10.6. The van der Waals surface area contributed by atoms with Crippen LogP contribution in [0.25, 0.3) is 0 Å². The first-order valence-electron chi connectivity index (χ1n) is 10.2. The normalized spacial score (nSPS) is 18.9. The second kappa shape index (κ2) is 7.69. The van der Waals surface area contributed by atoms with E-state index in [0.29, 0.717) is 13.1 Å². The van der Waals surface area contributed by atoms with E-state index in [0.717, 1.165) is 36.6 Å². The molecular formula is C24H24ClN3O. The Balaban J connectivity index is 1.40. The lowest BCUT2D eigenvalue weighted by molar-refractivity contribution is -0.134. The molecule has 29 heavy (non-hydrogen) atoms. The zero-order valence-electron chi connectivity index (χ0n) is 16.3. The van der Waals surface area contributed by atoms with Crippen molar-refractivity contribution in [1.82, 2.24) is 14.4 Å². The fourth-order valence-electron chi connectivity index (χ4n) is 4.64. The highest BCUT2D eigenvalue weighted by atomic mass is 35.5. The van der Waals surface area contributed by atoms with Crippen molar-refractivity contribution in [2.24, 2.45) is 0 Å². The van der Waals surface area contributed by atoms with Crippen LogP contribution in [0.1, 0.15) is 28.4 Å². The molecule has 1 amide bonds. The number of rotatable bonds is 3. The SMILES string of the molecule is O=C(CN1CCn2cccc2C1c1ccccc1Cl)N1CCc2ccccc2C1. The van der Waals surface area contributed by atoms with Gasteiger partial charge in [0.2, 0.25) is 5.91 Å². The van der Waals surface area contributed by atoms with E-state index >= 15 is 0 Å². The quantitative estimate of drug-likeness (QED) is 0.655. The molecule has 2 aliphatic rings. The standard InChI is InChI=1S/C24H24ClN3O/c25-21-9-4-3-8-20(21)24-22-10-5-12-26(22)14-15-28(24)17-23(29)27-13-11-18-6-1-2-7-19(18)16-27/h1-10,12,24H,11,13-17H2. The molecular weight excluding hydrogens is 382 g/mol. The number of amides is 1. The Hall–Kier alpha value is -2.56. The van der Waals surface area contributed by atoms with E-state index in [1.165, 1.54) is 16.8 Å². The van der Waals surface area contributed by atoms with Gasteiger partial charge in [-0.2, -0.15) is 0 Å². The van der Waals surface area contributed by atoms with Crippen LogP contribution >= 0.6 is 11.6 Å². The van der Waals surface area contributed by atoms with Crippen LogP contribution in [0.3, 0.4) is 0 Å². The Kier molecular flexibility index (Phi) is 4.90. The van der Waals surface area contributed by atoms with Gasteiger partial charge in [0, 0.05) is 43.1 Å². The minimum absolute atomic E-state index is 0.00604. The highest BCUT2D eigenvalue weighted by Crippen LogP contribution is 2.36. The summed E-state index contributed by atoms with van der Waals surface area (Å²) in [7, 11) is 0. The molecule has 1 atom stereocenters.